The molecule has 0 bridgehead atoms. The number of carbonyl (C=O) groups is 2. The molecule has 0 aromatic heterocycles. The highest BCUT2D eigenvalue weighted by molar-refractivity contribution is 5.82. The zero-order valence-electron chi connectivity index (χ0n) is 16.2. The number of carbonyl (C=O) groups excluding carboxylic acids is 2. The fourth-order valence-electron chi connectivity index (χ4n) is 3.53. The highest BCUT2D eigenvalue weighted by Crippen LogP contribution is 2.28. The van der Waals surface area contributed by atoms with Gasteiger partial charge in [-0.1, -0.05) is 36.8 Å². The lowest BCUT2D eigenvalue weighted by molar-refractivity contribution is -0.131. The molecule has 0 spiro atoms. The summed E-state index contributed by atoms with van der Waals surface area (Å²) in [7, 11) is 0. The third kappa shape index (κ3) is 6.81. The van der Waals surface area contributed by atoms with Crippen LogP contribution in [0.2, 0.25) is 0 Å². The van der Waals surface area contributed by atoms with Crippen molar-refractivity contribution in [1.82, 2.24) is 4.90 Å². The number of Topliss-reactive ketones (excluding diaryl/α,β-unsaturated/α-hetero) is 2. The van der Waals surface area contributed by atoms with E-state index >= 15 is 0 Å². The molecular weight excluding hydrogens is 344 g/mol. The Morgan fingerprint density at radius 1 is 1.11 bits per heavy atom. The molecule has 0 aliphatic carbocycles. The second kappa shape index (κ2) is 11.3. The standard InChI is InChI=1S/C21H32N2O4/c1-16(24)8-4-2-7-11-18(25)19(20(26)17-9-5-3-6-10-17)21(22)23-12-14-27-15-13-23/h3,5-6,9-10,19-21,26H,2,4,7-8,11-15,22H2,1H3/t19-,20-,21?/m1/s1. The quantitative estimate of drug-likeness (QED) is 0.574. The lowest BCUT2D eigenvalue weighted by Crippen LogP contribution is -2.55. The second-order valence-electron chi connectivity index (χ2n) is 7.25. The number of unbranched alkanes of at least 4 members (excludes halogenated alkanes) is 2. The molecule has 6 nitrogen and oxygen atoms in total. The van der Waals surface area contributed by atoms with Gasteiger partial charge in [0.1, 0.15) is 11.6 Å². The van der Waals surface area contributed by atoms with E-state index in [0.717, 1.165) is 12.8 Å². The van der Waals surface area contributed by atoms with Crippen molar-refractivity contribution in [3.63, 3.8) is 0 Å². The van der Waals surface area contributed by atoms with Gasteiger partial charge in [0.25, 0.3) is 0 Å². The van der Waals surface area contributed by atoms with Crippen LogP contribution < -0.4 is 5.73 Å². The molecule has 1 unspecified atom stereocenters. The molecular formula is C21H32N2O4. The van der Waals surface area contributed by atoms with Gasteiger partial charge in [0, 0.05) is 25.9 Å². The average molecular weight is 376 g/mol. The maximum atomic E-state index is 13.0. The fraction of sp³-hybridized carbons (Fsp3) is 0.619. The second-order valence-corrected chi connectivity index (χ2v) is 7.25. The molecule has 150 valence electrons. The summed E-state index contributed by atoms with van der Waals surface area (Å²) in [5.74, 6) is -0.528. The lowest BCUT2D eigenvalue weighted by Gasteiger charge is -2.38. The first kappa shape index (κ1) is 21.7. The molecule has 6 heteroatoms. The molecule has 3 N–H and O–H groups in total. The molecule has 1 aromatic rings. The number of ketones is 2. The number of ether oxygens (including phenoxy) is 1. The van der Waals surface area contributed by atoms with E-state index in [1.165, 1.54) is 0 Å². The molecule has 1 fully saturated rings. The maximum absolute atomic E-state index is 13.0. The van der Waals surface area contributed by atoms with E-state index in [9.17, 15) is 14.7 Å². The molecule has 1 heterocycles. The van der Waals surface area contributed by atoms with E-state index in [-0.39, 0.29) is 11.6 Å². The van der Waals surface area contributed by atoms with Crippen LogP contribution in [0.5, 0.6) is 0 Å². The fourth-order valence-corrected chi connectivity index (χ4v) is 3.53. The van der Waals surface area contributed by atoms with Crippen molar-refractivity contribution in [2.75, 3.05) is 26.3 Å². The minimum absolute atomic E-state index is 0.0202. The van der Waals surface area contributed by atoms with Gasteiger partial charge in [-0.2, -0.15) is 0 Å². The molecule has 0 amide bonds. The molecule has 0 saturated carbocycles. The van der Waals surface area contributed by atoms with Gasteiger partial charge in [0.05, 0.1) is 31.4 Å². The smallest absolute Gasteiger partial charge is 0.141 e. The first-order valence-corrected chi connectivity index (χ1v) is 9.83. The topological polar surface area (TPSA) is 92.9 Å². The number of rotatable bonds is 11. The molecule has 2 rings (SSSR count). The van der Waals surface area contributed by atoms with E-state index in [0.29, 0.717) is 51.1 Å². The number of nitrogens with zero attached hydrogens (tertiary/aromatic N) is 1. The van der Waals surface area contributed by atoms with Crippen LogP contribution in [0.3, 0.4) is 0 Å². The molecule has 1 aromatic carbocycles. The number of aliphatic hydroxyl groups is 1. The summed E-state index contributed by atoms with van der Waals surface area (Å²) in [5.41, 5.74) is 7.15. The van der Waals surface area contributed by atoms with E-state index in [1.54, 1.807) is 6.92 Å². The van der Waals surface area contributed by atoms with Crippen LogP contribution in [0.1, 0.15) is 50.7 Å². The number of nitrogens with two attached hydrogens (primary N) is 1. The van der Waals surface area contributed by atoms with E-state index in [4.69, 9.17) is 10.5 Å². The number of morpholine rings is 1. The number of hydrogen-bond acceptors (Lipinski definition) is 6. The van der Waals surface area contributed by atoms with Crippen molar-refractivity contribution >= 4 is 11.6 Å². The first-order chi connectivity index (χ1) is 13.0. The van der Waals surface area contributed by atoms with Gasteiger partial charge >= 0.3 is 0 Å². The van der Waals surface area contributed by atoms with Crippen molar-refractivity contribution in [3.8, 4) is 0 Å². The van der Waals surface area contributed by atoms with Gasteiger partial charge in [0.15, 0.2) is 0 Å². The van der Waals surface area contributed by atoms with Crippen LogP contribution in [-0.2, 0) is 14.3 Å². The Morgan fingerprint density at radius 3 is 2.37 bits per heavy atom. The van der Waals surface area contributed by atoms with Crippen molar-refractivity contribution < 1.29 is 19.4 Å². The SMILES string of the molecule is CC(=O)CCCCCC(=O)[C@@H](C(N)N1CCOCC1)[C@H](O)c1ccccc1. The molecule has 0 radical (unpaired) electrons. The summed E-state index contributed by atoms with van der Waals surface area (Å²) in [6, 6.07) is 9.22. The molecule has 27 heavy (non-hydrogen) atoms. The Morgan fingerprint density at radius 2 is 1.74 bits per heavy atom. The molecule has 1 aliphatic heterocycles. The normalized spacial score (nSPS) is 18.6. The van der Waals surface area contributed by atoms with E-state index in [2.05, 4.69) is 0 Å². The predicted molar refractivity (Wildman–Crippen MR) is 104 cm³/mol. The van der Waals surface area contributed by atoms with E-state index in [1.807, 2.05) is 35.2 Å². The minimum Gasteiger partial charge on any atom is -0.388 e. The first-order valence-electron chi connectivity index (χ1n) is 9.83. The largest absolute Gasteiger partial charge is 0.388 e. The summed E-state index contributed by atoms with van der Waals surface area (Å²) in [6.07, 6.45) is 1.76. The van der Waals surface area contributed by atoms with Crippen molar-refractivity contribution in [2.45, 2.75) is 51.3 Å². The van der Waals surface area contributed by atoms with Crippen LogP contribution in [-0.4, -0.2) is 54.0 Å². The van der Waals surface area contributed by atoms with Gasteiger partial charge in [-0.25, -0.2) is 0 Å². The average Bonchev–Trinajstić information content (AvgIpc) is 2.68. The van der Waals surface area contributed by atoms with Crippen molar-refractivity contribution in [3.05, 3.63) is 35.9 Å². The number of benzene rings is 1. The Balaban J connectivity index is 2.03. The Bertz CT molecular complexity index is 587. The third-order valence-electron chi connectivity index (χ3n) is 5.14. The number of aliphatic hydroxyl groups excluding tert-OH is 1. The summed E-state index contributed by atoms with van der Waals surface area (Å²) >= 11 is 0. The summed E-state index contributed by atoms with van der Waals surface area (Å²) in [4.78, 5) is 26.0. The van der Waals surface area contributed by atoms with Gasteiger partial charge in [0.2, 0.25) is 0 Å². The van der Waals surface area contributed by atoms with Crippen LogP contribution >= 0.6 is 0 Å². The van der Waals surface area contributed by atoms with Crippen molar-refractivity contribution in [1.29, 1.82) is 0 Å². The molecule has 1 saturated heterocycles. The summed E-state index contributed by atoms with van der Waals surface area (Å²) in [6.45, 7) is 4.07. The van der Waals surface area contributed by atoms with Gasteiger partial charge in [-0.05, 0) is 25.3 Å². The Kier molecular flexibility index (Phi) is 9.07. The lowest BCUT2D eigenvalue weighted by atomic mass is 9.86. The predicted octanol–water partition coefficient (Wildman–Crippen LogP) is 2.06. The monoisotopic (exact) mass is 376 g/mol. The van der Waals surface area contributed by atoms with Crippen LogP contribution in [0.25, 0.3) is 0 Å². The highest BCUT2D eigenvalue weighted by atomic mass is 16.5. The van der Waals surface area contributed by atoms with Crippen LogP contribution in [0.15, 0.2) is 30.3 Å². The zero-order valence-corrected chi connectivity index (χ0v) is 16.2. The number of hydrogen-bond donors (Lipinski definition) is 2. The van der Waals surface area contributed by atoms with Crippen LogP contribution in [0.4, 0.5) is 0 Å². The van der Waals surface area contributed by atoms with Crippen LogP contribution in [0, 0.1) is 5.92 Å². The van der Waals surface area contributed by atoms with E-state index < -0.39 is 18.2 Å². The molecule has 1 aliphatic rings. The maximum Gasteiger partial charge on any atom is 0.141 e. The zero-order chi connectivity index (χ0) is 19.6. The highest BCUT2D eigenvalue weighted by Gasteiger charge is 2.36. The molecule has 3 atom stereocenters. The van der Waals surface area contributed by atoms with Gasteiger partial charge in [-0.3, -0.25) is 9.69 Å². The van der Waals surface area contributed by atoms with Gasteiger partial charge in [-0.15, -0.1) is 0 Å². The van der Waals surface area contributed by atoms with Gasteiger partial charge < -0.3 is 20.4 Å². The summed E-state index contributed by atoms with van der Waals surface area (Å²) < 4.78 is 5.37. The third-order valence-corrected chi connectivity index (χ3v) is 5.14. The van der Waals surface area contributed by atoms with Crippen molar-refractivity contribution in [2.24, 2.45) is 11.7 Å². The summed E-state index contributed by atoms with van der Waals surface area (Å²) in [5, 5.41) is 10.9. The minimum atomic E-state index is -0.936. The Labute approximate surface area is 161 Å². The Hall–Kier alpha value is -1.60.